The normalized spacial score (nSPS) is 12.4. The second-order valence-corrected chi connectivity index (χ2v) is 11.9. The number of unbranched alkanes of at least 4 members (excludes halogenated alkanes) is 1. The Morgan fingerprint density at radius 2 is 1.42 bits per heavy atom. The maximum absolute atomic E-state index is 13.7. The minimum atomic E-state index is -0.633. The molecule has 50 heavy (non-hydrogen) atoms. The number of hydrogen-bond acceptors (Lipinski definition) is 8. The topological polar surface area (TPSA) is 204 Å². The van der Waals surface area contributed by atoms with Crippen LogP contribution in [0.2, 0.25) is 0 Å². The van der Waals surface area contributed by atoms with Crippen LogP contribution in [0, 0.1) is 6.92 Å². The molecule has 266 valence electrons. The molecule has 16 nitrogen and oxygen atoms in total. The molecule has 0 bridgehead atoms. The molecule has 0 atom stereocenters. The van der Waals surface area contributed by atoms with Gasteiger partial charge in [-0.2, -0.15) is 10.1 Å². The Morgan fingerprint density at radius 3 is 1.96 bits per heavy atom. The first-order chi connectivity index (χ1) is 23.9. The van der Waals surface area contributed by atoms with Crippen molar-refractivity contribution in [3.63, 3.8) is 0 Å². The number of amides is 3. The summed E-state index contributed by atoms with van der Waals surface area (Å²) in [6, 6.07) is 8.29. The first kappa shape index (κ1) is 35.7. The SMILES string of the molecule is CCn1nc(C)cc1C(=O)N=c1n(C)c2cc(C(N)=O)cc(OCCCO)c2n1CCCCn1c(=NC)n(C)c2cc(C(N)=O)cc(OC)c21. The number of primary amides is 2. The number of rotatable bonds is 14. The summed E-state index contributed by atoms with van der Waals surface area (Å²) < 4.78 is 21.0. The predicted molar refractivity (Wildman–Crippen MR) is 186 cm³/mol. The smallest absolute Gasteiger partial charge is 0.298 e. The van der Waals surface area contributed by atoms with E-state index in [9.17, 15) is 19.5 Å². The summed E-state index contributed by atoms with van der Waals surface area (Å²) in [5.41, 5.74) is 16.7. The molecular formula is C34H44N10O6. The van der Waals surface area contributed by atoms with Crippen LogP contribution in [-0.2, 0) is 33.7 Å². The highest BCUT2D eigenvalue weighted by molar-refractivity contribution is 5.99. The van der Waals surface area contributed by atoms with Gasteiger partial charge >= 0.3 is 0 Å². The van der Waals surface area contributed by atoms with Crippen LogP contribution in [0.5, 0.6) is 11.5 Å². The number of nitrogens with two attached hydrogens (primary N) is 2. The highest BCUT2D eigenvalue weighted by Crippen LogP contribution is 2.29. The lowest BCUT2D eigenvalue weighted by molar-refractivity contribution is 0.0980. The summed E-state index contributed by atoms with van der Waals surface area (Å²) in [4.78, 5) is 47.1. The van der Waals surface area contributed by atoms with Crippen molar-refractivity contribution >= 4 is 39.8 Å². The van der Waals surface area contributed by atoms with E-state index in [1.165, 1.54) is 0 Å². The lowest BCUT2D eigenvalue weighted by Gasteiger charge is -2.12. The summed E-state index contributed by atoms with van der Waals surface area (Å²) in [6.45, 7) is 5.32. The standard InChI is InChI=1S/C34H44N10O6/c1-7-44-25(15-20(2)39-44)32(48)38-34-41(5)24-17-22(31(36)47)19-27(50-14-10-13-45)29(24)43(34)12-9-8-11-42-28-23(40(4)33(42)37-3)16-21(30(35)46)18-26(28)49-6/h15-19,45H,7-14H2,1-6H3,(H2,35,46)(H2,36,47). The van der Waals surface area contributed by atoms with Crippen LogP contribution in [-0.4, -0.2) is 78.2 Å². The van der Waals surface area contributed by atoms with Gasteiger partial charge in [0.25, 0.3) is 5.91 Å². The van der Waals surface area contributed by atoms with E-state index in [-0.39, 0.29) is 18.8 Å². The molecule has 0 aliphatic carbocycles. The van der Waals surface area contributed by atoms with Gasteiger partial charge in [-0.25, -0.2) is 0 Å². The summed E-state index contributed by atoms with van der Waals surface area (Å²) in [6.07, 6.45) is 1.68. The zero-order valence-electron chi connectivity index (χ0n) is 29.3. The molecule has 0 aliphatic heterocycles. The molecule has 3 aromatic heterocycles. The van der Waals surface area contributed by atoms with Crippen molar-refractivity contribution in [2.75, 3.05) is 27.4 Å². The molecule has 5 rings (SSSR count). The first-order valence-corrected chi connectivity index (χ1v) is 16.4. The van der Waals surface area contributed by atoms with E-state index in [0.717, 1.165) is 11.0 Å². The van der Waals surface area contributed by atoms with Crippen LogP contribution in [0.1, 0.15) is 63.1 Å². The largest absolute Gasteiger partial charge is 0.494 e. The number of aryl methyl sites for hydroxylation is 6. The molecule has 3 heterocycles. The number of hydrogen-bond donors (Lipinski definition) is 3. The monoisotopic (exact) mass is 688 g/mol. The third kappa shape index (κ3) is 6.65. The highest BCUT2D eigenvalue weighted by Gasteiger charge is 2.21. The van der Waals surface area contributed by atoms with Crippen LogP contribution in [0.4, 0.5) is 0 Å². The van der Waals surface area contributed by atoms with Gasteiger partial charge in [0.2, 0.25) is 23.1 Å². The van der Waals surface area contributed by atoms with E-state index in [1.807, 2.05) is 34.6 Å². The summed E-state index contributed by atoms with van der Waals surface area (Å²) in [5.74, 6) is -0.772. The molecule has 16 heteroatoms. The summed E-state index contributed by atoms with van der Waals surface area (Å²) in [5, 5.41) is 13.8. The molecule has 2 aromatic carbocycles. The van der Waals surface area contributed by atoms with Crippen molar-refractivity contribution in [2.24, 2.45) is 35.5 Å². The lowest BCUT2D eigenvalue weighted by atomic mass is 10.1. The van der Waals surface area contributed by atoms with Gasteiger partial charge in [-0.05, 0) is 57.0 Å². The van der Waals surface area contributed by atoms with Crippen molar-refractivity contribution in [1.82, 2.24) is 28.0 Å². The van der Waals surface area contributed by atoms with Crippen LogP contribution in [0.3, 0.4) is 0 Å². The number of carbonyl (C=O) groups is 3. The van der Waals surface area contributed by atoms with E-state index >= 15 is 0 Å². The summed E-state index contributed by atoms with van der Waals surface area (Å²) >= 11 is 0. The molecular weight excluding hydrogens is 644 g/mol. The average Bonchev–Trinajstić information content (AvgIpc) is 3.71. The summed E-state index contributed by atoms with van der Waals surface area (Å²) in [7, 11) is 6.88. The number of methoxy groups -OCH3 is 1. The van der Waals surface area contributed by atoms with Gasteiger partial charge in [0.1, 0.15) is 28.2 Å². The molecule has 0 unspecified atom stereocenters. The number of nitrogens with zero attached hydrogens (tertiary/aromatic N) is 8. The Hall–Kier alpha value is -5.64. The van der Waals surface area contributed by atoms with Gasteiger partial charge < -0.3 is 44.3 Å². The predicted octanol–water partition coefficient (Wildman–Crippen LogP) is 1.52. The van der Waals surface area contributed by atoms with E-state index in [0.29, 0.717) is 89.6 Å². The van der Waals surface area contributed by atoms with Crippen molar-refractivity contribution in [3.05, 3.63) is 64.1 Å². The molecule has 3 amide bonds. The van der Waals surface area contributed by atoms with Crippen molar-refractivity contribution in [3.8, 4) is 11.5 Å². The zero-order valence-corrected chi connectivity index (χ0v) is 29.3. The number of imidazole rings is 2. The van der Waals surface area contributed by atoms with Gasteiger partial charge in [-0.3, -0.25) is 24.1 Å². The fraction of sp³-hybridized carbons (Fsp3) is 0.412. The zero-order chi connectivity index (χ0) is 36.3. The number of aromatic nitrogens is 6. The van der Waals surface area contributed by atoms with Crippen molar-refractivity contribution in [2.45, 2.75) is 52.7 Å². The van der Waals surface area contributed by atoms with Crippen LogP contribution >= 0.6 is 0 Å². The van der Waals surface area contributed by atoms with Crippen LogP contribution in [0.15, 0.2) is 40.3 Å². The minimum Gasteiger partial charge on any atom is -0.494 e. The maximum Gasteiger partial charge on any atom is 0.298 e. The molecule has 0 saturated carbocycles. The Bertz CT molecular complexity index is 2250. The second kappa shape index (κ2) is 14.9. The molecule has 0 aliphatic rings. The molecule has 0 saturated heterocycles. The van der Waals surface area contributed by atoms with Gasteiger partial charge in [0.05, 0.1) is 30.4 Å². The van der Waals surface area contributed by atoms with E-state index in [4.69, 9.17) is 20.9 Å². The third-order valence-electron chi connectivity index (χ3n) is 8.64. The lowest BCUT2D eigenvalue weighted by Crippen LogP contribution is -2.27. The number of aliphatic hydroxyl groups is 1. The fourth-order valence-corrected chi connectivity index (χ4v) is 6.29. The van der Waals surface area contributed by atoms with Gasteiger partial charge in [0, 0.05) is 64.9 Å². The number of ether oxygens (including phenoxy) is 2. The number of fused-ring (bicyclic) bond motifs is 2. The van der Waals surface area contributed by atoms with Crippen molar-refractivity contribution in [1.29, 1.82) is 0 Å². The van der Waals surface area contributed by atoms with Crippen LogP contribution < -0.4 is 32.2 Å². The molecule has 0 spiro atoms. The Balaban J connectivity index is 1.59. The molecule has 5 aromatic rings. The van der Waals surface area contributed by atoms with E-state index < -0.39 is 17.7 Å². The Morgan fingerprint density at radius 1 is 0.860 bits per heavy atom. The quantitative estimate of drug-likeness (QED) is 0.147. The number of aliphatic hydroxyl groups excluding tert-OH is 1. The maximum atomic E-state index is 13.7. The van der Waals surface area contributed by atoms with E-state index in [1.54, 1.807) is 60.8 Å². The Labute approximate surface area is 287 Å². The molecule has 0 radical (unpaired) electrons. The van der Waals surface area contributed by atoms with Gasteiger partial charge in [0.15, 0.2) is 0 Å². The fourth-order valence-electron chi connectivity index (χ4n) is 6.29. The average molecular weight is 689 g/mol. The number of benzene rings is 2. The molecule has 0 fully saturated rings. The first-order valence-electron chi connectivity index (χ1n) is 16.4. The second-order valence-electron chi connectivity index (χ2n) is 11.9. The molecule has 5 N–H and O–H groups in total. The van der Waals surface area contributed by atoms with Crippen molar-refractivity contribution < 1.29 is 29.0 Å². The van der Waals surface area contributed by atoms with Gasteiger partial charge in [-0.15, -0.1) is 0 Å². The third-order valence-corrected chi connectivity index (χ3v) is 8.64. The Kier molecular flexibility index (Phi) is 10.6. The highest BCUT2D eigenvalue weighted by atomic mass is 16.5. The van der Waals surface area contributed by atoms with E-state index in [2.05, 4.69) is 15.1 Å². The minimum absolute atomic E-state index is 0.0699. The number of carbonyl (C=O) groups excluding carboxylic acids is 3. The van der Waals surface area contributed by atoms with Crippen LogP contribution in [0.25, 0.3) is 22.1 Å². The van der Waals surface area contributed by atoms with Gasteiger partial charge in [-0.1, -0.05) is 0 Å².